The van der Waals surface area contributed by atoms with Crippen molar-refractivity contribution in [3.05, 3.63) is 28.8 Å². The first-order valence-corrected chi connectivity index (χ1v) is 9.49. The number of hydrogen-bond donors (Lipinski definition) is 0. The van der Waals surface area contributed by atoms with Gasteiger partial charge in [-0.2, -0.15) is 8.42 Å². The molecule has 5 nitrogen and oxygen atoms in total. The third-order valence-corrected chi connectivity index (χ3v) is 4.76. The van der Waals surface area contributed by atoms with E-state index in [1.54, 1.807) is 19.2 Å². The molecule has 1 aliphatic rings. The van der Waals surface area contributed by atoms with Gasteiger partial charge in [-0.3, -0.25) is 0 Å². The molecule has 7 heteroatoms. The van der Waals surface area contributed by atoms with E-state index in [0.717, 1.165) is 50.9 Å². The van der Waals surface area contributed by atoms with Crippen molar-refractivity contribution in [2.45, 2.75) is 18.8 Å². The van der Waals surface area contributed by atoms with E-state index in [1.807, 2.05) is 6.07 Å². The Bertz CT molecular complexity index is 598. The van der Waals surface area contributed by atoms with Crippen LogP contribution in [0.25, 0.3) is 0 Å². The maximum Gasteiger partial charge on any atom is 0.306 e. The van der Waals surface area contributed by atoms with Crippen LogP contribution >= 0.6 is 11.6 Å². The van der Waals surface area contributed by atoms with Crippen LogP contribution in [0.4, 0.5) is 0 Å². The number of hydrogen-bond acceptors (Lipinski definition) is 5. The van der Waals surface area contributed by atoms with E-state index >= 15 is 0 Å². The molecule has 0 saturated carbocycles. The van der Waals surface area contributed by atoms with E-state index in [2.05, 4.69) is 4.90 Å². The highest BCUT2D eigenvalue weighted by molar-refractivity contribution is 7.86. The second kappa shape index (κ2) is 7.64. The SMILES string of the molecule is COCCN1CCC(c2cccc(OS(C)(=O)=O)c2Cl)CC1. The molecule has 1 fully saturated rings. The molecule has 1 heterocycles. The van der Waals surface area contributed by atoms with Crippen molar-refractivity contribution in [3.63, 3.8) is 0 Å². The van der Waals surface area contributed by atoms with E-state index < -0.39 is 10.1 Å². The standard InChI is InChI=1S/C15H22ClNO4S/c1-20-11-10-17-8-6-12(7-9-17)13-4-3-5-14(15(13)16)21-22(2,18)19/h3-5,12H,6-11H2,1-2H3. The number of rotatable bonds is 6. The number of likely N-dealkylation sites (tertiary alicyclic amines) is 1. The lowest BCUT2D eigenvalue weighted by Gasteiger charge is -2.32. The molecule has 124 valence electrons. The van der Waals surface area contributed by atoms with Crippen LogP contribution in [0.15, 0.2) is 18.2 Å². The Morgan fingerprint density at radius 2 is 2.00 bits per heavy atom. The quantitative estimate of drug-likeness (QED) is 0.740. The number of piperidine rings is 1. The number of ether oxygens (including phenoxy) is 1. The van der Waals surface area contributed by atoms with Gasteiger partial charge >= 0.3 is 10.1 Å². The van der Waals surface area contributed by atoms with Gasteiger partial charge in [0.2, 0.25) is 0 Å². The van der Waals surface area contributed by atoms with Gasteiger partial charge in [-0.15, -0.1) is 0 Å². The fourth-order valence-corrected chi connectivity index (χ4v) is 3.59. The fourth-order valence-electron chi connectivity index (χ4n) is 2.76. The second-order valence-electron chi connectivity index (χ2n) is 5.56. The summed E-state index contributed by atoms with van der Waals surface area (Å²) in [5.74, 6) is 0.540. The van der Waals surface area contributed by atoms with Crippen molar-refractivity contribution < 1.29 is 17.3 Å². The maximum atomic E-state index is 11.3. The Morgan fingerprint density at radius 1 is 1.32 bits per heavy atom. The predicted octanol–water partition coefficient (Wildman–Crippen LogP) is 2.50. The van der Waals surface area contributed by atoms with Gasteiger partial charge in [-0.25, -0.2) is 0 Å². The molecule has 0 unspecified atom stereocenters. The van der Waals surface area contributed by atoms with Crippen molar-refractivity contribution in [1.82, 2.24) is 4.90 Å². The van der Waals surface area contributed by atoms with Gasteiger partial charge in [0.25, 0.3) is 0 Å². The van der Waals surface area contributed by atoms with Crippen LogP contribution in [-0.2, 0) is 14.9 Å². The smallest absolute Gasteiger partial charge is 0.306 e. The molecular formula is C15H22ClNO4S. The summed E-state index contributed by atoms with van der Waals surface area (Å²) in [7, 11) is -1.86. The molecule has 22 heavy (non-hydrogen) atoms. The van der Waals surface area contributed by atoms with Crippen LogP contribution in [-0.4, -0.2) is 52.9 Å². The van der Waals surface area contributed by atoms with Gasteiger partial charge in [-0.1, -0.05) is 23.7 Å². The Balaban J connectivity index is 2.06. The summed E-state index contributed by atoms with van der Waals surface area (Å²) in [6.45, 7) is 3.65. The zero-order chi connectivity index (χ0) is 16.2. The lowest BCUT2D eigenvalue weighted by atomic mass is 9.89. The summed E-state index contributed by atoms with van der Waals surface area (Å²) in [6.07, 6.45) is 3.00. The van der Waals surface area contributed by atoms with Crippen molar-refractivity contribution in [2.24, 2.45) is 0 Å². The Hall–Kier alpha value is -0.820. The molecule has 0 radical (unpaired) electrons. The molecule has 0 spiro atoms. The Morgan fingerprint density at radius 3 is 2.59 bits per heavy atom. The summed E-state index contributed by atoms with van der Waals surface area (Å²) < 4.78 is 32.6. The molecule has 1 aliphatic heterocycles. The molecule has 1 saturated heterocycles. The first-order valence-electron chi connectivity index (χ1n) is 7.30. The minimum Gasteiger partial charge on any atom is -0.383 e. The highest BCUT2D eigenvalue weighted by atomic mass is 35.5. The number of nitrogens with zero attached hydrogens (tertiary/aromatic N) is 1. The van der Waals surface area contributed by atoms with Gasteiger partial charge in [0.1, 0.15) is 0 Å². The molecule has 0 amide bonds. The van der Waals surface area contributed by atoms with Crippen LogP contribution < -0.4 is 4.18 Å². The molecule has 1 aromatic rings. The molecule has 0 N–H and O–H groups in total. The zero-order valence-electron chi connectivity index (χ0n) is 12.9. The van der Waals surface area contributed by atoms with E-state index in [9.17, 15) is 8.42 Å². The molecule has 0 bridgehead atoms. The number of halogens is 1. The number of methoxy groups -OCH3 is 1. The van der Waals surface area contributed by atoms with E-state index in [-0.39, 0.29) is 5.75 Å². The average Bonchev–Trinajstić information content (AvgIpc) is 2.47. The zero-order valence-corrected chi connectivity index (χ0v) is 14.5. The second-order valence-corrected chi connectivity index (χ2v) is 7.51. The molecule has 0 aliphatic carbocycles. The lowest BCUT2D eigenvalue weighted by molar-refractivity contribution is 0.130. The Kier molecular flexibility index (Phi) is 6.09. The van der Waals surface area contributed by atoms with Gasteiger partial charge in [-0.05, 0) is 43.5 Å². The fraction of sp³-hybridized carbons (Fsp3) is 0.600. The van der Waals surface area contributed by atoms with Gasteiger partial charge in [0.15, 0.2) is 5.75 Å². The maximum absolute atomic E-state index is 11.3. The topological polar surface area (TPSA) is 55.8 Å². The van der Waals surface area contributed by atoms with E-state index in [4.69, 9.17) is 20.5 Å². The third kappa shape index (κ3) is 4.84. The minimum absolute atomic E-state index is 0.212. The van der Waals surface area contributed by atoms with E-state index in [0.29, 0.717) is 10.9 Å². The van der Waals surface area contributed by atoms with Crippen LogP contribution in [0.5, 0.6) is 5.75 Å². The highest BCUT2D eigenvalue weighted by Gasteiger charge is 2.24. The van der Waals surface area contributed by atoms with E-state index in [1.165, 1.54) is 0 Å². The molecule has 0 atom stereocenters. The first kappa shape index (κ1) is 17.5. The van der Waals surface area contributed by atoms with Crippen molar-refractivity contribution in [2.75, 3.05) is 39.6 Å². The summed E-state index contributed by atoms with van der Waals surface area (Å²) >= 11 is 6.35. The van der Waals surface area contributed by atoms with Gasteiger partial charge in [0, 0.05) is 13.7 Å². The highest BCUT2D eigenvalue weighted by Crippen LogP contribution is 2.37. The summed E-state index contributed by atoms with van der Waals surface area (Å²) in [4.78, 5) is 2.37. The van der Waals surface area contributed by atoms with Gasteiger partial charge in [0.05, 0.1) is 17.9 Å². The average molecular weight is 348 g/mol. The predicted molar refractivity (Wildman–Crippen MR) is 87.2 cm³/mol. The summed E-state index contributed by atoms with van der Waals surface area (Å²) in [5.41, 5.74) is 0.967. The number of benzene rings is 1. The van der Waals surface area contributed by atoms with Crippen molar-refractivity contribution in [1.29, 1.82) is 0 Å². The minimum atomic E-state index is -3.57. The summed E-state index contributed by atoms with van der Waals surface area (Å²) in [6, 6.07) is 5.33. The molecule has 2 rings (SSSR count). The van der Waals surface area contributed by atoms with Crippen LogP contribution in [0, 0.1) is 0 Å². The Labute approximate surface area is 137 Å². The van der Waals surface area contributed by atoms with Crippen LogP contribution in [0.1, 0.15) is 24.3 Å². The van der Waals surface area contributed by atoms with Crippen LogP contribution in [0.3, 0.4) is 0 Å². The largest absolute Gasteiger partial charge is 0.383 e. The van der Waals surface area contributed by atoms with Gasteiger partial charge < -0.3 is 13.8 Å². The first-order chi connectivity index (χ1) is 10.4. The molecular weight excluding hydrogens is 326 g/mol. The summed E-state index contributed by atoms with van der Waals surface area (Å²) in [5, 5.41) is 0.406. The van der Waals surface area contributed by atoms with Crippen molar-refractivity contribution in [3.8, 4) is 5.75 Å². The van der Waals surface area contributed by atoms with Crippen molar-refractivity contribution >= 4 is 21.7 Å². The normalized spacial score (nSPS) is 17.6. The lowest BCUT2D eigenvalue weighted by Crippen LogP contribution is -2.35. The monoisotopic (exact) mass is 347 g/mol. The molecule has 0 aromatic heterocycles. The van der Waals surface area contributed by atoms with Crippen LogP contribution in [0.2, 0.25) is 5.02 Å². The third-order valence-electron chi connectivity index (χ3n) is 3.87. The molecule has 1 aromatic carbocycles.